The maximum atomic E-state index is 13.0. The molecule has 0 radical (unpaired) electrons. The smallest absolute Gasteiger partial charge is 0.389 e. The molecular weight excluding hydrogens is 493 g/mol. The first kappa shape index (κ1) is 26.3. The Morgan fingerprint density at radius 2 is 1.69 bits per heavy atom. The Morgan fingerprint density at radius 1 is 1.06 bits per heavy atom. The van der Waals surface area contributed by atoms with Crippen molar-refractivity contribution in [2.24, 2.45) is 5.41 Å². The molecule has 0 saturated heterocycles. The number of esters is 2. The van der Waals surface area contributed by atoms with E-state index in [-0.39, 0.29) is 23.5 Å². The Bertz CT molecular complexity index is 1210. The second-order valence-corrected chi connectivity index (χ2v) is 9.74. The van der Waals surface area contributed by atoms with Gasteiger partial charge in [-0.05, 0) is 35.7 Å². The van der Waals surface area contributed by atoms with Crippen molar-refractivity contribution in [3.05, 3.63) is 59.2 Å². The minimum atomic E-state index is -4.51. The summed E-state index contributed by atoms with van der Waals surface area (Å²) in [5, 5.41) is 10.7. The summed E-state index contributed by atoms with van der Waals surface area (Å²) >= 11 is 0. The molecule has 1 aliphatic carbocycles. The minimum absolute atomic E-state index is 0.0197. The van der Waals surface area contributed by atoms with E-state index >= 15 is 0 Å². The third-order valence-electron chi connectivity index (χ3n) is 5.82. The molecule has 0 fully saturated rings. The van der Waals surface area contributed by atoms with Crippen molar-refractivity contribution in [3.63, 3.8) is 0 Å². The highest BCUT2D eigenvalue weighted by Crippen LogP contribution is 2.54. The van der Waals surface area contributed by atoms with Gasteiger partial charge >= 0.3 is 28.2 Å². The number of methoxy groups -OCH3 is 2. The zero-order chi connectivity index (χ0) is 26.0. The maximum absolute atomic E-state index is 13.0. The highest BCUT2D eigenvalue weighted by molar-refractivity contribution is 7.87. The van der Waals surface area contributed by atoms with Crippen molar-refractivity contribution in [1.29, 1.82) is 0 Å². The molecule has 12 heteroatoms. The molecule has 0 spiro atoms. The SMILES string of the molecule is COC(=O)C1(C(=O)OC)Cc2ccccc2C1c1cc(OS(=O)(=O)CCCC(F)(F)F)ccc1O. The number of carbonyl (C=O) groups excluding carboxylic acids is 2. The van der Waals surface area contributed by atoms with E-state index in [2.05, 4.69) is 0 Å². The summed E-state index contributed by atoms with van der Waals surface area (Å²) in [6.07, 6.45) is -6.60. The molecule has 1 unspecified atom stereocenters. The molecule has 190 valence electrons. The summed E-state index contributed by atoms with van der Waals surface area (Å²) in [6, 6.07) is 10.1. The number of phenols is 1. The quantitative estimate of drug-likeness (QED) is 0.322. The van der Waals surface area contributed by atoms with Gasteiger partial charge in [0, 0.05) is 24.3 Å². The molecule has 1 aliphatic rings. The second kappa shape index (κ2) is 9.76. The number of alkyl halides is 3. The fourth-order valence-electron chi connectivity index (χ4n) is 4.36. The van der Waals surface area contributed by atoms with Crippen molar-refractivity contribution in [2.45, 2.75) is 31.4 Å². The number of benzene rings is 2. The summed E-state index contributed by atoms with van der Waals surface area (Å²) in [6.45, 7) is 0. The first-order valence-corrected chi connectivity index (χ1v) is 12.0. The van der Waals surface area contributed by atoms with Gasteiger partial charge in [0.15, 0.2) is 5.41 Å². The third-order valence-corrected chi connectivity index (χ3v) is 7.05. The molecule has 0 bridgehead atoms. The van der Waals surface area contributed by atoms with Gasteiger partial charge in [-0.25, -0.2) is 0 Å². The maximum Gasteiger partial charge on any atom is 0.389 e. The van der Waals surface area contributed by atoms with Crippen LogP contribution in [-0.2, 0) is 35.6 Å². The molecule has 3 rings (SSSR count). The Hall–Kier alpha value is -3.28. The van der Waals surface area contributed by atoms with E-state index in [1.54, 1.807) is 24.3 Å². The van der Waals surface area contributed by atoms with Gasteiger partial charge in [0.05, 0.1) is 20.0 Å². The largest absolute Gasteiger partial charge is 0.508 e. The molecule has 0 aliphatic heterocycles. The van der Waals surface area contributed by atoms with E-state index in [0.29, 0.717) is 11.1 Å². The van der Waals surface area contributed by atoms with Crippen LogP contribution in [0.25, 0.3) is 0 Å². The molecule has 0 aromatic heterocycles. The Balaban J connectivity index is 2.06. The highest BCUT2D eigenvalue weighted by atomic mass is 32.2. The molecule has 2 aromatic carbocycles. The number of hydrogen-bond donors (Lipinski definition) is 1. The third kappa shape index (κ3) is 5.37. The summed E-state index contributed by atoms with van der Waals surface area (Å²) in [7, 11) is -2.21. The molecule has 1 N–H and O–H groups in total. The Labute approximate surface area is 199 Å². The van der Waals surface area contributed by atoms with Gasteiger partial charge in [0.2, 0.25) is 0 Å². The van der Waals surface area contributed by atoms with Crippen molar-refractivity contribution < 1.29 is 49.9 Å². The fourth-order valence-corrected chi connectivity index (χ4v) is 5.34. The molecule has 0 heterocycles. The van der Waals surface area contributed by atoms with Crippen LogP contribution >= 0.6 is 0 Å². The topological polar surface area (TPSA) is 116 Å². The first-order valence-electron chi connectivity index (χ1n) is 10.4. The van der Waals surface area contributed by atoms with Gasteiger partial charge in [-0.3, -0.25) is 9.59 Å². The van der Waals surface area contributed by atoms with Crippen LogP contribution in [0.1, 0.15) is 35.4 Å². The van der Waals surface area contributed by atoms with Gasteiger partial charge < -0.3 is 18.8 Å². The van der Waals surface area contributed by atoms with Crippen LogP contribution in [-0.4, -0.2) is 51.6 Å². The zero-order valence-electron chi connectivity index (χ0n) is 18.8. The number of aromatic hydroxyl groups is 1. The number of ether oxygens (including phenoxy) is 2. The summed E-state index contributed by atoms with van der Waals surface area (Å²) < 4.78 is 76.4. The monoisotopic (exact) mass is 516 g/mol. The Kier molecular flexibility index (Phi) is 7.34. The van der Waals surface area contributed by atoms with Crippen LogP contribution in [0.5, 0.6) is 11.5 Å². The molecular formula is C23H23F3O8S. The second-order valence-electron chi connectivity index (χ2n) is 8.05. The van der Waals surface area contributed by atoms with E-state index in [9.17, 15) is 36.3 Å². The zero-order valence-corrected chi connectivity index (χ0v) is 19.6. The fraction of sp³-hybridized carbons (Fsp3) is 0.391. The van der Waals surface area contributed by atoms with Crippen molar-refractivity contribution in [3.8, 4) is 11.5 Å². The predicted octanol–water partition coefficient (Wildman–Crippen LogP) is 3.46. The lowest BCUT2D eigenvalue weighted by Gasteiger charge is -2.31. The number of halogens is 3. The van der Waals surface area contributed by atoms with Crippen LogP contribution < -0.4 is 4.18 Å². The minimum Gasteiger partial charge on any atom is -0.508 e. The van der Waals surface area contributed by atoms with E-state index in [0.717, 1.165) is 32.4 Å². The van der Waals surface area contributed by atoms with E-state index < -0.39 is 58.2 Å². The lowest BCUT2D eigenvalue weighted by Crippen LogP contribution is -2.45. The molecule has 0 amide bonds. The summed E-state index contributed by atoms with van der Waals surface area (Å²) in [5.41, 5.74) is -0.828. The molecule has 1 atom stereocenters. The summed E-state index contributed by atoms with van der Waals surface area (Å²) in [4.78, 5) is 26.0. The van der Waals surface area contributed by atoms with Crippen LogP contribution in [0.4, 0.5) is 13.2 Å². The van der Waals surface area contributed by atoms with E-state index in [1.807, 2.05) is 0 Å². The average molecular weight is 516 g/mol. The average Bonchev–Trinajstić information content (AvgIpc) is 3.14. The van der Waals surface area contributed by atoms with E-state index in [4.69, 9.17) is 13.7 Å². The lowest BCUT2D eigenvalue weighted by molar-refractivity contribution is -0.169. The van der Waals surface area contributed by atoms with Crippen molar-refractivity contribution >= 4 is 22.1 Å². The molecule has 2 aromatic rings. The van der Waals surface area contributed by atoms with Gasteiger partial charge in [0.25, 0.3) is 0 Å². The number of fused-ring (bicyclic) bond motifs is 1. The molecule has 0 saturated carbocycles. The molecule has 8 nitrogen and oxygen atoms in total. The van der Waals surface area contributed by atoms with Gasteiger partial charge in [-0.1, -0.05) is 24.3 Å². The van der Waals surface area contributed by atoms with Gasteiger partial charge in [-0.2, -0.15) is 21.6 Å². The standard InChI is InChI=1S/C23H23F3O8S/c1-32-20(28)22(21(29)33-2)13-14-6-3-4-7-16(14)19(22)17-12-15(8-9-18(17)27)34-35(30,31)11-5-10-23(24,25)26/h3-4,6-9,12,19,27H,5,10-11,13H2,1-2H3. The number of phenolic OH excluding ortho intramolecular Hbond substituents is 1. The number of hydrogen-bond acceptors (Lipinski definition) is 8. The first-order chi connectivity index (χ1) is 16.3. The van der Waals surface area contributed by atoms with Crippen LogP contribution in [0, 0.1) is 5.41 Å². The lowest BCUT2D eigenvalue weighted by atomic mass is 9.72. The van der Waals surface area contributed by atoms with Gasteiger partial charge in [0.1, 0.15) is 11.5 Å². The number of carbonyl (C=O) groups is 2. The Morgan fingerprint density at radius 3 is 2.29 bits per heavy atom. The highest BCUT2D eigenvalue weighted by Gasteiger charge is 2.60. The number of rotatable bonds is 8. The van der Waals surface area contributed by atoms with Crippen molar-refractivity contribution in [1.82, 2.24) is 0 Å². The van der Waals surface area contributed by atoms with Gasteiger partial charge in [-0.15, -0.1) is 0 Å². The van der Waals surface area contributed by atoms with Crippen LogP contribution in [0.2, 0.25) is 0 Å². The summed E-state index contributed by atoms with van der Waals surface area (Å²) in [5.74, 6) is -4.53. The van der Waals surface area contributed by atoms with Crippen LogP contribution in [0.3, 0.4) is 0 Å². The van der Waals surface area contributed by atoms with Crippen molar-refractivity contribution in [2.75, 3.05) is 20.0 Å². The molecule has 35 heavy (non-hydrogen) atoms. The predicted molar refractivity (Wildman–Crippen MR) is 116 cm³/mol. The normalized spacial score (nSPS) is 16.9. The van der Waals surface area contributed by atoms with Crippen LogP contribution in [0.15, 0.2) is 42.5 Å². The van der Waals surface area contributed by atoms with E-state index in [1.165, 1.54) is 0 Å².